The van der Waals surface area contributed by atoms with Gasteiger partial charge in [-0.3, -0.25) is 9.59 Å². The molecular weight excluding hydrogens is 312 g/mol. The van der Waals surface area contributed by atoms with E-state index in [1.807, 2.05) is 56.3 Å². The van der Waals surface area contributed by atoms with Crippen molar-refractivity contribution in [2.24, 2.45) is 5.92 Å². The van der Waals surface area contributed by atoms with Crippen LogP contribution in [0.25, 0.3) is 0 Å². The van der Waals surface area contributed by atoms with E-state index in [1.165, 1.54) is 5.56 Å². The van der Waals surface area contributed by atoms with E-state index in [0.717, 1.165) is 28.9 Å². The molecule has 1 saturated heterocycles. The summed E-state index contributed by atoms with van der Waals surface area (Å²) < 4.78 is 0. The number of nitrogens with zero attached hydrogens (tertiary/aromatic N) is 1. The summed E-state index contributed by atoms with van der Waals surface area (Å²) in [6, 6.07) is 13.9. The van der Waals surface area contributed by atoms with Gasteiger partial charge in [0.2, 0.25) is 11.8 Å². The number of benzene rings is 2. The zero-order valence-corrected chi connectivity index (χ0v) is 15.0. The third-order valence-electron chi connectivity index (χ3n) is 4.78. The van der Waals surface area contributed by atoms with Gasteiger partial charge in [-0.2, -0.15) is 0 Å². The van der Waals surface area contributed by atoms with Crippen molar-refractivity contribution in [2.45, 2.75) is 33.6 Å². The molecule has 4 nitrogen and oxygen atoms in total. The Labute approximate surface area is 148 Å². The van der Waals surface area contributed by atoms with Gasteiger partial charge in [0.15, 0.2) is 0 Å². The SMILES string of the molecule is CCc1ccc(NC(=O)C2CC(=O)N(c3cc(C)ccc3C)C2)cc1. The van der Waals surface area contributed by atoms with E-state index in [9.17, 15) is 9.59 Å². The third-order valence-corrected chi connectivity index (χ3v) is 4.78. The number of amides is 2. The topological polar surface area (TPSA) is 49.4 Å². The van der Waals surface area contributed by atoms with Gasteiger partial charge >= 0.3 is 0 Å². The Morgan fingerprint density at radius 3 is 2.56 bits per heavy atom. The minimum absolute atomic E-state index is 0.00943. The van der Waals surface area contributed by atoms with E-state index in [-0.39, 0.29) is 24.2 Å². The molecule has 3 rings (SSSR count). The Morgan fingerprint density at radius 1 is 1.16 bits per heavy atom. The number of nitrogens with one attached hydrogen (secondary N) is 1. The molecule has 2 aromatic carbocycles. The maximum atomic E-state index is 12.6. The fourth-order valence-corrected chi connectivity index (χ4v) is 3.19. The van der Waals surface area contributed by atoms with Gasteiger partial charge in [-0.15, -0.1) is 0 Å². The summed E-state index contributed by atoms with van der Waals surface area (Å²) >= 11 is 0. The van der Waals surface area contributed by atoms with Crippen LogP contribution in [0.15, 0.2) is 42.5 Å². The van der Waals surface area contributed by atoms with Gasteiger partial charge < -0.3 is 10.2 Å². The molecule has 1 aliphatic heterocycles. The Kier molecular flexibility index (Phi) is 4.88. The third kappa shape index (κ3) is 3.73. The zero-order valence-electron chi connectivity index (χ0n) is 15.0. The molecule has 2 aromatic rings. The van der Waals surface area contributed by atoms with Gasteiger partial charge in [-0.1, -0.05) is 31.2 Å². The highest BCUT2D eigenvalue weighted by molar-refractivity contribution is 6.03. The van der Waals surface area contributed by atoms with Gasteiger partial charge in [0, 0.05) is 24.3 Å². The van der Waals surface area contributed by atoms with Crippen molar-refractivity contribution in [1.29, 1.82) is 0 Å². The van der Waals surface area contributed by atoms with Crippen LogP contribution in [0.1, 0.15) is 30.0 Å². The molecule has 2 amide bonds. The molecule has 1 atom stereocenters. The van der Waals surface area contributed by atoms with Crippen molar-refractivity contribution >= 4 is 23.2 Å². The molecule has 25 heavy (non-hydrogen) atoms. The molecule has 0 aliphatic carbocycles. The van der Waals surface area contributed by atoms with Crippen LogP contribution in [0.5, 0.6) is 0 Å². The standard InChI is InChI=1S/C21H24N2O2/c1-4-16-7-9-18(10-8-16)22-21(25)17-12-20(24)23(13-17)19-11-14(2)5-6-15(19)3/h5-11,17H,4,12-13H2,1-3H3,(H,22,25). The molecule has 0 aromatic heterocycles. The summed E-state index contributed by atoms with van der Waals surface area (Å²) in [7, 11) is 0. The normalized spacial score (nSPS) is 17.0. The zero-order chi connectivity index (χ0) is 18.0. The van der Waals surface area contributed by atoms with Crippen LogP contribution in [-0.4, -0.2) is 18.4 Å². The van der Waals surface area contributed by atoms with Crippen LogP contribution in [0.2, 0.25) is 0 Å². The second-order valence-electron chi connectivity index (χ2n) is 6.74. The summed E-state index contributed by atoms with van der Waals surface area (Å²) in [5.41, 5.74) is 5.08. The van der Waals surface area contributed by atoms with Gasteiger partial charge in [-0.25, -0.2) is 0 Å². The highest BCUT2D eigenvalue weighted by Crippen LogP contribution is 2.29. The highest BCUT2D eigenvalue weighted by Gasteiger charge is 2.35. The van der Waals surface area contributed by atoms with Crippen LogP contribution in [0, 0.1) is 19.8 Å². The summed E-state index contributed by atoms with van der Waals surface area (Å²) in [5.74, 6) is -0.404. The smallest absolute Gasteiger partial charge is 0.229 e. The number of carbonyl (C=O) groups excluding carboxylic acids is 2. The number of carbonyl (C=O) groups is 2. The maximum absolute atomic E-state index is 12.6. The second-order valence-corrected chi connectivity index (χ2v) is 6.74. The Balaban J connectivity index is 1.71. The molecule has 0 radical (unpaired) electrons. The van der Waals surface area contributed by atoms with Crippen LogP contribution in [0.3, 0.4) is 0 Å². The minimum atomic E-state index is -0.321. The molecule has 0 bridgehead atoms. The average molecular weight is 336 g/mol. The summed E-state index contributed by atoms with van der Waals surface area (Å²) in [4.78, 5) is 26.7. The molecule has 0 saturated carbocycles. The lowest BCUT2D eigenvalue weighted by Crippen LogP contribution is -2.28. The van der Waals surface area contributed by atoms with Gasteiger partial charge in [-0.05, 0) is 55.2 Å². The fourth-order valence-electron chi connectivity index (χ4n) is 3.19. The lowest BCUT2D eigenvalue weighted by Gasteiger charge is -2.19. The first-order valence-electron chi connectivity index (χ1n) is 8.75. The number of rotatable bonds is 4. The average Bonchev–Trinajstić information content (AvgIpc) is 2.99. The number of anilines is 2. The minimum Gasteiger partial charge on any atom is -0.326 e. The van der Waals surface area contributed by atoms with E-state index >= 15 is 0 Å². The first-order valence-corrected chi connectivity index (χ1v) is 8.75. The van der Waals surface area contributed by atoms with Crippen molar-refractivity contribution in [1.82, 2.24) is 0 Å². The van der Waals surface area contributed by atoms with E-state index in [0.29, 0.717) is 6.54 Å². The largest absolute Gasteiger partial charge is 0.326 e. The molecule has 1 heterocycles. The van der Waals surface area contributed by atoms with Crippen molar-refractivity contribution in [3.05, 3.63) is 59.2 Å². The summed E-state index contributed by atoms with van der Waals surface area (Å²) in [5, 5.41) is 2.94. The van der Waals surface area contributed by atoms with Crippen molar-refractivity contribution in [2.75, 3.05) is 16.8 Å². The van der Waals surface area contributed by atoms with E-state index in [1.54, 1.807) is 4.90 Å². The van der Waals surface area contributed by atoms with Crippen molar-refractivity contribution in [3.8, 4) is 0 Å². The second kappa shape index (κ2) is 7.09. The van der Waals surface area contributed by atoms with Gasteiger partial charge in [0.05, 0.1) is 5.92 Å². The fraction of sp³-hybridized carbons (Fsp3) is 0.333. The summed E-state index contributed by atoms with van der Waals surface area (Å²) in [6.45, 7) is 6.53. The number of hydrogen-bond acceptors (Lipinski definition) is 2. The van der Waals surface area contributed by atoms with Crippen LogP contribution in [0.4, 0.5) is 11.4 Å². The van der Waals surface area contributed by atoms with Gasteiger partial charge in [0.25, 0.3) is 0 Å². The van der Waals surface area contributed by atoms with Crippen LogP contribution in [-0.2, 0) is 16.0 Å². The Morgan fingerprint density at radius 2 is 1.88 bits per heavy atom. The van der Waals surface area contributed by atoms with Gasteiger partial charge in [0.1, 0.15) is 0 Å². The number of aryl methyl sites for hydroxylation is 3. The quantitative estimate of drug-likeness (QED) is 0.922. The molecule has 130 valence electrons. The van der Waals surface area contributed by atoms with Crippen LogP contribution >= 0.6 is 0 Å². The van der Waals surface area contributed by atoms with Crippen molar-refractivity contribution in [3.63, 3.8) is 0 Å². The van der Waals surface area contributed by atoms with Crippen molar-refractivity contribution < 1.29 is 9.59 Å². The molecule has 1 aliphatic rings. The molecular formula is C21H24N2O2. The van der Waals surface area contributed by atoms with E-state index in [2.05, 4.69) is 12.2 Å². The van der Waals surface area contributed by atoms with E-state index in [4.69, 9.17) is 0 Å². The van der Waals surface area contributed by atoms with Crippen LogP contribution < -0.4 is 10.2 Å². The number of hydrogen-bond donors (Lipinski definition) is 1. The molecule has 1 N–H and O–H groups in total. The first-order chi connectivity index (χ1) is 12.0. The predicted molar refractivity (Wildman–Crippen MR) is 101 cm³/mol. The lowest BCUT2D eigenvalue weighted by molar-refractivity contribution is -0.122. The monoisotopic (exact) mass is 336 g/mol. The first kappa shape index (κ1) is 17.2. The molecule has 0 spiro atoms. The highest BCUT2D eigenvalue weighted by atomic mass is 16.2. The Hall–Kier alpha value is -2.62. The maximum Gasteiger partial charge on any atom is 0.229 e. The Bertz CT molecular complexity index is 796. The summed E-state index contributed by atoms with van der Waals surface area (Å²) in [6.07, 6.45) is 1.22. The predicted octanol–water partition coefficient (Wildman–Crippen LogP) is 3.86. The molecule has 1 unspecified atom stereocenters. The lowest BCUT2D eigenvalue weighted by atomic mass is 10.1. The molecule has 1 fully saturated rings. The molecule has 4 heteroatoms. The van der Waals surface area contributed by atoms with E-state index < -0.39 is 0 Å².